The van der Waals surface area contributed by atoms with Gasteiger partial charge in [0.05, 0.1) is 5.69 Å². The molecule has 1 aromatic carbocycles. The van der Waals surface area contributed by atoms with Crippen LogP contribution in [0.3, 0.4) is 0 Å². The first kappa shape index (κ1) is 9.89. The van der Waals surface area contributed by atoms with Crippen LogP contribution in [0.1, 0.15) is 12.8 Å². The number of hydrogen-bond acceptors (Lipinski definition) is 1. The second kappa shape index (κ2) is 3.49. The predicted molar refractivity (Wildman–Crippen MR) is 49.9 cm³/mol. The summed E-state index contributed by atoms with van der Waals surface area (Å²) in [7, 11) is 0. The van der Waals surface area contributed by atoms with E-state index in [0.717, 1.165) is 29.9 Å². The van der Waals surface area contributed by atoms with E-state index in [-0.39, 0.29) is 11.7 Å². The summed E-state index contributed by atoms with van der Waals surface area (Å²) in [6.07, 6.45) is 0.403. The van der Waals surface area contributed by atoms with Crippen molar-refractivity contribution in [2.24, 2.45) is 0 Å². The molecule has 0 aromatic heterocycles. The lowest BCUT2D eigenvalue weighted by molar-refractivity contribution is 0.201. The molecular weight excluding hydrogens is 204 g/mol. The lowest BCUT2D eigenvalue weighted by atomic mass is 10.2. The summed E-state index contributed by atoms with van der Waals surface area (Å²) in [4.78, 5) is 12.0. The average Bonchev–Trinajstić information content (AvgIpc) is 2.95. The van der Waals surface area contributed by atoms with Crippen LogP contribution in [0.15, 0.2) is 18.2 Å². The fourth-order valence-corrected chi connectivity index (χ4v) is 1.45. The van der Waals surface area contributed by atoms with E-state index < -0.39 is 17.7 Å². The van der Waals surface area contributed by atoms with Gasteiger partial charge >= 0.3 is 6.09 Å². The highest BCUT2D eigenvalue weighted by atomic mass is 19.2. The fraction of sp³-hybridized carbons (Fsp3) is 0.300. The van der Waals surface area contributed by atoms with Crippen molar-refractivity contribution in [3.8, 4) is 0 Å². The van der Waals surface area contributed by atoms with Crippen molar-refractivity contribution in [2.75, 3.05) is 4.90 Å². The Morgan fingerprint density at radius 1 is 1.33 bits per heavy atom. The zero-order valence-corrected chi connectivity index (χ0v) is 7.78. The molecular formula is C10H9F2NO2. The van der Waals surface area contributed by atoms with E-state index in [9.17, 15) is 13.6 Å². The number of carboxylic acid groups (broad SMARTS) is 1. The van der Waals surface area contributed by atoms with Crippen molar-refractivity contribution >= 4 is 11.8 Å². The Morgan fingerprint density at radius 2 is 2.00 bits per heavy atom. The smallest absolute Gasteiger partial charge is 0.412 e. The molecule has 0 aliphatic heterocycles. The molecule has 80 valence electrons. The van der Waals surface area contributed by atoms with Gasteiger partial charge in [-0.2, -0.15) is 0 Å². The molecule has 1 saturated carbocycles. The maximum Gasteiger partial charge on any atom is 0.412 e. The van der Waals surface area contributed by atoms with Crippen LogP contribution in [0, 0.1) is 11.6 Å². The first-order valence-corrected chi connectivity index (χ1v) is 4.57. The Morgan fingerprint density at radius 3 is 2.47 bits per heavy atom. The molecule has 5 heteroatoms. The minimum absolute atomic E-state index is 0.0904. The van der Waals surface area contributed by atoms with Crippen molar-refractivity contribution < 1.29 is 18.7 Å². The minimum Gasteiger partial charge on any atom is -0.465 e. The highest BCUT2D eigenvalue weighted by molar-refractivity contribution is 5.87. The molecule has 0 bridgehead atoms. The third-order valence-electron chi connectivity index (χ3n) is 2.30. The van der Waals surface area contributed by atoms with Crippen LogP contribution in [0.2, 0.25) is 0 Å². The largest absolute Gasteiger partial charge is 0.465 e. The maximum absolute atomic E-state index is 12.9. The van der Waals surface area contributed by atoms with Gasteiger partial charge in [0.2, 0.25) is 0 Å². The van der Waals surface area contributed by atoms with Gasteiger partial charge < -0.3 is 5.11 Å². The molecule has 15 heavy (non-hydrogen) atoms. The monoisotopic (exact) mass is 213 g/mol. The molecule has 2 rings (SSSR count). The summed E-state index contributed by atoms with van der Waals surface area (Å²) in [6, 6.07) is 3.02. The van der Waals surface area contributed by atoms with E-state index in [2.05, 4.69) is 0 Å². The molecule has 1 N–H and O–H groups in total. The van der Waals surface area contributed by atoms with Gasteiger partial charge in [-0.25, -0.2) is 13.6 Å². The molecule has 1 aliphatic rings. The molecule has 1 fully saturated rings. The molecule has 0 heterocycles. The summed E-state index contributed by atoms with van der Waals surface area (Å²) >= 11 is 0. The van der Waals surface area contributed by atoms with Crippen LogP contribution in [-0.2, 0) is 0 Å². The number of benzene rings is 1. The molecule has 0 saturated heterocycles. The van der Waals surface area contributed by atoms with Crippen molar-refractivity contribution in [1.82, 2.24) is 0 Å². The van der Waals surface area contributed by atoms with Crippen LogP contribution in [0.25, 0.3) is 0 Å². The zero-order chi connectivity index (χ0) is 11.0. The van der Waals surface area contributed by atoms with Crippen LogP contribution < -0.4 is 4.90 Å². The SMILES string of the molecule is O=C(O)N(c1ccc(F)c(F)c1)C1CC1. The molecule has 0 radical (unpaired) electrons. The van der Waals surface area contributed by atoms with Crippen molar-refractivity contribution in [1.29, 1.82) is 0 Å². The average molecular weight is 213 g/mol. The van der Waals surface area contributed by atoms with E-state index in [0.29, 0.717) is 0 Å². The first-order chi connectivity index (χ1) is 7.09. The van der Waals surface area contributed by atoms with E-state index in [1.807, 2.05) is 0 Å². The number of carbonyl (C=O) groups is 1. The van der Waals surface area contributed by atoms with Gasteiger partial charge in [0, 0.05) is 12.1 Å². The quantitative estimate of drug-likeness (QED) is 0.820. The summed E-state index contributed by atoms with van der Waals surface area (Å²) < 4.78 is 25.5. The summed E-state index contributed by atoms with van der Waals surface area (Å²) in [5.41, 5.74) is 0.184. The van der Waals surface area contributed by atoms with E-state index in [1.54, 1.807) is 0 Å². The Hall–Kier alpha value is -1.65. The van der Waals surface area contributed by atoms with Crippen molar-refractivity contribution in [3.05, 3.63) is 29.8 Å². The third-order valence-corrected chi connectivity index (χ3v) is 2.30. The Balaban J connectivity index is 2.33. The van der Waals surface area contributed by atoms with Crippen molar-refractivity contribution in [3.63, 3.8) is 0 Å². The number of halogens is 2. The second-order valence-corrected chi connectivity index (χ2v) is 3.48. The summed E-state index contributed by atoms with van der Waals surface area (Å²) in [5.74, 6) is -2.00. The second-order valence-electron chi connectivity index (χ2n) is 3.48. The van der Waals surface area contributed by atoms with E-state index >= 15 is 0 Å². The van der Waals surface area contributed by atoms with E-state index in [4.69, 9.17) is 5.11 Å². The normalized spacial score (nSPS) is 15.1. The van der Waals surface area contributed by atoms with Gasteiger partial charge in [0.1, 0.15) is 0 Å². The molecule has 1 aromatic rings. The lowest BCUT2D eigenvalue weighted by Gasteiger charge is -2.18. The molecule has 0 atom stereocenters. The van der Waals surface area contributed by atoms with Gasteiger partial charge in [-0.05, 0) is 25.0 Å². The van der Waals surface area contributed by atoms with Crippen LogP contribution >= 0.6 is 0 Å². The Labute approximate surface area is 84.9 Å². The van der Waals surface area contributed by atoms with Gasteiger partial charge in [-0.1, -0.05) is 0 Å². The lowest BCUT2D eigenvalue weighted by Crippen LogP contribution is -2.31. The Bertz CT molecular complexity index is 404. The topological polar surface area (TPSA) is 40.5 Å². The summed E-state index contributed by atoms with van der Waals surface area (Å²) in [5, 5.41) is 8.91. The van der Waals surface area contributed by atoms with Gasteiger partial charge in [0.15, 0.2) is 11.6 Å². The zero-order valence-electron chi connectivity index (χ0n) is 7.78. The maximum atomic E-state index is 12.9. The standard InChI is InChI=1S/C10H9F2NO2/c11-8-4-3-7(5-9(8)12)13(10(14)15)6-1-2-6/h3-6H,1-2H2,(H,14,15). The molecule has 1 amide bonds. The highest BCUT2D eigenvalue weighted by Gasteiger charge is 2.34. The highest BCUT2D eigenvalue weighted by Crippen LogP contribution is 2.32. The fourth-order valence-electron chi connectivity index (χ4n) is 1.45. The molecule has 0 unspecified atom stereocenters. The minimum atomic E-state index is -1.14. The third kappa shape index (κ3) is 1.91. The predicted octanol–water partition coefficient (Wildman–Crippen LogP) is 2.61. The number of hydrogen-bond donors (Lipinski definition) is 1. The molecule has 3 nitrogen and oxygen atoms in total. The number of amides is 1. The van der Waals surface area contributed by atoms with Gasteiger partial charge in [0.25, 0.3) is 0 Å². The van der Waals surface area contributed by atoms with Crippen LogP contribution in [-0.4, -0.2) is 17.2 Å². The van der Waals surface area contributed by atoms with Crippen LogP contribution in [0.5, 0.6) is 0 Å². The number of rotatable bonds is 2. The van der Waals surface area contributed by atoms with Gasteiger partial charge in [-0.3, -0.25) is 4.90 Å². The summed E-state index contributed by atoms with van der Waals surface area (Å²) in [6.45, 7) is 0. The van der Waals surface area contributed by atoms with Crippen molar-refractivity contribution in [2.45, 2.75) is 18.9 Å². The van der Waals surface area contributed by atoms with Crippen LogP contribution in [0.4, 0.5) is 19.3 Å². The molecule has 0 spiro atoms. The first-order valence-electron chi connectivity index (χ1n) is 4.57. The number of anilines is 1. The number of nitrogens with zero attached hydrogens (tertiary/aromatic N) is 1. The Kier molecular flexibility index (Phi) is 2.30. The van der Waals surface area contributed by atoms with Gasteiger partial charge in [-0.15, -0.1) is 0 Å². The van der Waals surface area contributed by atoms with E-state index in [1.165, 1.54) is 6.07 Å². The molecule has 1 aliphatic carbocycles.